The minimum absolute atomic E-state index is 0.0483. The Balaban J connectivity index is 1.71. The second-order valence-electron chi connectivity index (χ2n) is 10.4. The number of benzene rings is 2. The Morgan fingerprint density at radius 2 is 1.35 bits per heavy atom. The average Bonchev–Trinajstić information content (AvgIpc) is 3.16. The number of hydrogen-bond acceptors (Lipinski definition) is 6. The molecule has 0 aromatic heterocycles. The number of esters is 2. The van der Waals surface area contributed by atoms with Crippen LogP contribution in [0.25, 0.3) is 11.1 Å². The zero-order valence-corrected chi connectivity index (χ0v) is 20.7. The van der Waals surface area contributed by atoms with Gasteiger partial charge in [0.05, 0.1) is 12.1 Å². The maximum Gasteiger partial charge on any atom is 0.411 e. The number of rotatable bonds is 4. The molecule has 3 rings (SSSR count). The number of likely N-dealkylation sites (tertiary alicyclic amines) is 1. The van der Waals surface area contributed by atoms with Gasteiger partial charge >= 0.3 is 18.0 Å². The molecule has 7 nitrogen and oxygen atoms in total. The van der Waals surface area contributed by atoms with Crippen molar-refractivity contribution in [2.75, 3.05) is 6.54 Å². The van der Waals surface area contributed by atoms with E-state index in [0.29, 0.717) is 5.56 Å². The highest BCUT2D eigenvalue weighted by atomic mass is 16.6. The van der Waals surface area contributed by atoms with Crippen LogP contribution in [0.3, 0.4) is 0 Å². The summed E-state index contributed by atoms with van der Waals surface area (Å²) in [4.78, 5) is 39.6. The summed E-state index contributed by atoms with van der Waals surface area (Å²) in [5.41, 5.74) is 0.978. The Morgan fingerprint density at radius 1 is 0.794 bits per heavy atom. The maximum atomic E-state index is 12.8. The molecule has 0 unspecified atom stereocenters. The van der Waals surface area contributed by atoms with E-state index in [4.69, 9.17) is 14.2 Å². The van der Waals surface area contributed by atoms with Crippen molar-refractivity contribution in [1.29, 1.82) is 0 Å². The predicted octanol–water partition coefficient (Wildman–Crippen LogP) is 5.23. The highest BCUT2D eigenvalue weighted by molar-refractivity contribution is 5.90. The number of hydrogen-bond donors (Lipinski definition) is 0. The van der Waals surface area contributed by atoms with Crippen molar-refractivity contribution in [3.05, 3.63) is 60.2 Å². The first-order valence-corrected chi connectivity index (χ1v) is 11.4. The smallest absolute Gasteiger partial charge is 0.411 e. The zero-order chi connectivity index (χ0) is 25.1. The molecule has 1 heterocycles. The van der Waals surface area contributed by atoms with E-state index in [2.05, 4.69) is 0 Å². The van der Waals surface area contributed by atoms with Gasteiger partial charge in [-0.25, -0.2) is 14.4 Å². The van der Waals surface area contributed by atoms with Crippen LogP contribution in [0.4, 0.5) is 4.79 Å². The van der Waals surface area contributed by atoms with Gasteiger partial charge in [-0.2, -0.15) is 0 Å². The number of carbonyl (C=O) groups excluding carboxylic acids is 3. The van der Waals surface area contributed by atoms with Crippen molar-refractivity contribution in [3.63, 3.8) is 0 Å². The topological polar surface area (TPSA) is 82.1 Å². The molecular formula is C27H33NO6. The largest absolute Gasteiger partial charge is 0.458 e. The summed E-state index contributed by atoms with van der Waals surface area (Å²) in [6.07, 6.45) is -1.16. The molecule has 1 aliphatic rings. The zero-order valence-electron chi connectivity index (χ0n) is 20.7. The second-order valence-corrected chi connectivity index (χ2v) is 10.4. The van der Waals surface area contributed by atoms with E-state index in [1.807, 2.05) is 42.5 Å². The number of amides is 1. The van der Waals surface area contributed by atoms with Crippen molar-refractivity contribution >= 4 is 18.0 Å². The molecule has 0 bridgehead atoms. The fourth-order valence-electron chi connectivity index (χ4n) is 3.65. The highest BCUT2D eigenvalue weighted by Crippen LogP contribution is 2.27. The van der Waals surface area contributed by atoms with Gasteiger partial charge in [0.25, 0.3) is 0 Å². The quantitative estimate of drug-likeness (QED) is 0.452. The van der Waals surface area contributed by atoms with Gasteiger partial charge in [0.15, 0.2) is 0 Å². The summed E-state index contributed by atoms with van der Waals surface area (Å²) >= 11 is 0. The maximum absolute atomic E-state index is 12.8. The van der Waals surface area contributed by atoms with Gasteiger partial charge in [0.1, 0.15) is 23.3 Å². The minimum Gasteiger partial charge on any atom is -0.458 e. The Morgan fingerprint density at radius 3 is 1.91 bits per heavy atom. The lowest BCUT2D eigenvalue weighted by molar-refractivity contribution is -0.160. The van der Waals surface area contributed by atoms with Gasteiger partial charge < -0.3 is 14.2 Å². The molecule has 0 radical (unpaired) electrons. The van der Waals surface area contributed by atoms with E-state index in [0.717, 1.165) is 11.1 Å². The fraction of sp³-hybridized carbons (Fsp3) is 0.444. The summed E-state index contributed by atoms with van der Waals surface area (Å²) < 4.78 is 16.6. The third kappa shape index (κ3) is 6.83. The van der Waals surface area contributed by atoms with Gasteiger partial charge in [0.2, 0.25) is 0 Å². The second kappa shape index (κ2) is 9.87. The first kappa shape index (κ1) is 25.3. The number of ether oxygens (including phenoxy) is 3. The molecule has 0 N–H and O–H groups in total. The van der Waals surface area contributed by atoms with E-state index in [-0.39, 0.29) is 13.0 Å². The number of nitrogens with zero attached hydrogens (tertiary/aromatic N) is 1. The molecule has 34 heavy (non-hydrogen) atoms. The summed E-state index contributed by atoms with van der Waals surface area (Å²) in [7, 11) is 0. The van der Waals surface area contributed by atoms with Crippen LogP contribution in [-0.2, 0) is 19.0 Å². The first-order chi connectivity index (χ1) is 15.8. The lowest BCUT2D eigenvalue weighted by Crippen LogP contribution is -2.45. The Kier molecular flexibility index (Phi) is 7.34. The molecule has 2 atom stereocenters. The Labute approximate surface area is 201 Å². The summed E-state index contributed by atoms with van der Waals surface area (Å²) in [5, 5.41) is 0. The van der Waals surface area contributed by atoms with Crippen molar-refractivity contribution < 1.29 is 28.6 Å². The van der Waals surface area contributed by atoms with Gasteiger partial charge in [-0.15, -0.1) is 0 Å². The third-order valence-corrected chi connectivity index (χ3v) is 5.07. The molecule has 1 aliphatic heterocycles. The Hall–Kier alpha value is -3.35. The average molecular weight is 468 g/mol. The molecule has 0 saturated carbocycles. The normalized spacial score (nSPS) is 18.4. The van der Waals surface area contributed by atoms with Gasteiger partial charge in [-0.3, -0.25) is 4.90 Å². The molecular weight excluding hydrogens is 434 g/mol. The van der Waals surface area contributed by atoms with E-state index >= 15 is 0 Å². The van der Waals surface area contributed by atoms with Crippen molar-refractivity contribution in [3.8, 4) is 11.1 Å². The van der Waals surface area contributed by atoms with Gasteiger partial charge in [-0.1, -0.05) is 42.5 Å². The van der Waals surface area contributed by atoms with Gasteiger partial charge in [0, 0.05) is 6.42 Å². The standard InChI is InChI=1S/C27H33NO6/c1-26(2,3)33-24(30)22-16-21(17-28(22)25(31)34-27(4,5)6)32-23(29)20-14-12-19(13-15-20)18-10-8-7-9-11-18/h7-15,21-22H,16-17H2,1-6H3/t21-,22+/m1/s1. The van der Waals surface area contributed by atoms with Crippen LogP contribution >= 0.6 is 0 Å². The summed E-state index contributed by atoms with van der Waals surface area (Å²) in [5.74, 6) is -1.07. The third-order valence-electron chi connectivity index (χ3n) is 5.07. The van der Waals surface area contributed by atoms with Crippen molar-refractivity contribution in [2.45, 2.75) is 71.3 Å². The number of carbonyl (C=O) groups is 3. The first-order valence-electron chi connectivity index (χ1n) is 11.4. The van der Waals surface area contributed by atoms with Crippen LogP contribution in [0.5, 0.6) is 0 Å². The van der Waals surface area contributed by atoms with Crippen LogP contribution in [0.2, 0.25) is 0 Å². The minimum atomic E-state index is -0.896. The molecule has 1 amide bonds. The lowest BCUT2D eigenvalue weighted by Gasteiger charge is -2.29. The van der Waals surface area contributed by atoms with Crippen molar-refractivity contribution in [1.82, 2.24) is 4.90 Å². The van der Waals surface area contributed by atoms with Crippen LogP contribution in [0.1, 0.15) is 58.3 Å². The molecule has 182 valence electrons. The summed E-state index contributed by atoms with van der Waals surface area (Å²) in [6, 6.07) is 16.1. The van der Waals surface area contributed by atoms with Crippen LogP contribution in [0, 0.1) is 0 Å². The van der Waals surface area contributed by atoms with E-state index in [1.165, 1.54) is 4.90 Å². The van der Waals surface area contributed by atoms with Crippen LogP contribution in [0.15, 0.2) is 54.6 Å². The van der Waals surface area contributed by atoms with Crippen molar-refractivity contribution in [2.24, 2.45) is 0 Å². The molecule has 2 aromatic carbocycles. The molecule has 0 aliphatic carbocycles. The van der Waals surface area contributed by atoms with E-state index < -0.39 is 41.4 Å². The molecule has 1 saturated heterocycles. The van der Waals surface area contributed by atoms with E-state index in [1.54, 1.807) is 53.7 Å². The lowest BCUT2D eigenvalue weighted by atomic mass is 10.0. The summed E-state index contributed by atoms with van der Waals surface area (Å²) in [6.45, 7) is 10.6. The molecule has 2 aromatic rings. The monoisotopic (exact) mass is 467 g/mol. The van der Waals surface area contributed by atoms with E-state index in [9.17, 15) is 14.4 Å². The van der Waals surface area contributed by atoms with Gasteiger partial charge in [-0.05, 0) is 64.8 Å². The SMILES string of the molecule is CC(C)(C)OC(=O)[C@@H]1C[C@@H](OC(=O)c2ccc(-c3ccccc3)cc2)CN1C(=O)OC(C)(C)C. The Bertz CT molecular complexity index is 982. The molecule has 1 fully saturated rings. The molecule has 7 heteroatoms. The highest BCUT2D eigenvalue weighted by Gasteiger charge is 2.45. The fourth-order valence-corrected chi connectivity index (χ4v) is 3.65. The predicted molar refractivity (Wildman–Crippen MR) is 128 cm³/mol. The van der Waals surface area contributed by atoms with Crippen LogP contribution < -0.4 is 0 Å². The molecule has 0 spiro atoms. The van der Waals surface area contributed by atoms with Crippen LogP contribution in [-0.4, -0.2) is 52.8 Å².